The average Bonchev–Trinajstić information content (AvgIpc) is 2.73. The Labute approximate surface area is 89.2 Å². The summed E-state index contributed by atoms with van der Waals surface area (Å²) in [4.78, 5) is 28.1. The van der Waals surface area contributed by atoms with Gasteiger partial charge in [-0.25, -0.2) is 9.78 Å². The van der Waals surface area contributed by atoms with Crippen molar-refractivity contribution in [2.24, 2.45) is 0 Å². The Kier molecular flexibility index (Phi) is 2.28. The van der Waals surface area contributed by atoms with E-state index in [4.69, 9.17) is 0 Å². The summed E-state index contributed by atoms with van der Waals surface area (Å²) in [5.74, 6) is -0.753. The van der Waals surface area contributed by atoms with Crippen LogP contribution in [-0.4, -0.2) is 28.0 Å². The quantitative estimate of drug-likeness (QED) is 0.467. The summed E-state index contributed by atoms with van der Waals surface area (Å²) in [5, 5.41) is 10.8. The number of nitro benzene ring substituents is 1. The summed E-state index contributed by atoms with van der Waals surface area (Å²) in [7, 11) is 1.17. The Morgan fingerprint density at radius 2 is 2.31 bits per heavy atom. The first kappa shape index (κ1) is 10.1. The monoisotopic (exact) mass is 221 g/mol. The number of fused-ring (bicyclic) bond motifs is 1. The third-order valence-electron chi connectivity index (χ3n) is 2.14. The van der Waals surface area contributed by atoms with Gasteiger partial charge in [0, 0.05) is 6.07 Å². The van der Waals surface area contributed by atoms with E-state index in [1.54, 1.807) is 0 Å². The molecule has 0 fully saturated rings. The molecule has 0 amide bonds. The number of carbonyl (C=O) groups excluding carboxylic acids is 1. The number of nitro groups is 1. The summed E-state index contributed by atoms with van der Waals surface area (Å²) < 4.78 is 4.47. The van der Waals surface area contributed by atoms with E-state index in [0.29, 0.717) is 11.0 Å². The maximum Gasteiger partial charge on any atom is 0.344 e. The summed E-state index contributed by atoms with van der Waals surface area (Å²) >= 11 is 0. The standard InChI is InChI=1S/C9H7N3O4/c1-16-9(13)5-2-6-7(11-4-10-6)3-8(5)12(14)15/h2-4H,1H3,(H,10,11). The number of ether oxygens (including phenoxy) is 1. The van der Waals surface area contributed by atoms with Gasteiger partial charge in [0.1, 0.15) is 5.56 Å². The minimum atomic E-state index is -0.753. The number of carbonyl (C=O) groups is 1. The van der Waals surface area contributed by atoms with Crippen LogP contribution < -0.4 is 0 Å². The minimum Gasteiger partial charge on any atom is -0.465 e. The van der Waals surface area contributed by atoms with Crippen LogP contribution in [0.1, 0.15) is 10.4 Å². The molecular formula is C9H7N3O4. The molecule has 82 valence electrons. The molecule has 7 heteroatoms. The number of imidazole rings is 1. The van der Waals surface area contributed by atoms with Gasteiger partial charge in [0.25, 0.3) is 5.69 Å². The molecule has 0 unspecified atom stereocenters. The van der Waals surface area contributed by atoms with Crippen molar-refractivity contribution in [2.75, 3.05) is 7.11 Å². The number of rotatable bonds is 2. The van der Waals surface area contributed by atoms with Gasteiger partial charge in [-0.2, -0.15) is 0 Å². The van der Waals surface area contributed by atoms with Crippen LogP contribution in [0.5, 0.6) is 0 Å². The molecule has 0 atom stereocenters. The number of nitrogens with one attached hydrogen (secondary N) is 1. The molecule has 1 aromatic heterocycles. The van der Waals surface area contributed by atoms with Crippen molar-refractivity contribution in [1.29, 1.82) is 0 Å². The number of nitrogens with zero attached hydrogens (tertiary/aromatic N) is 2. The molecule has 0 saturated carbocycles. The average molecular weight is 221 g/mol. The Morgan fingerprint density at radius 1 is 1.56 bits per heavy atom. The lowest BCUT2D eigenvalue weighted by Gasteiger charge is -2.00. The fraction of sp³-hybridized carbons (Fsp3) is 0.111. The number of esters is 1. The first-order valence-electron chi connectivity index (χ1n) is 4.33. The SMILES string of the molecule is COC(=O)c1cc2nc[nH]c2cc1[N+](=O)[O-]. The summed E-state index contributed by atoms with van der Waals surface area (Å²) in [6.07, 6.45) is 1.40. The molecule has 1 heterocycles. The molecule has 0 aliphatic carbocycles. The molecule has 7 nitrogen and oxygen atoms in total. The highest BCUT2D eigenvalue weighted by molar-refractivity contribution is 5.98. The van der Waals surface area contributed by atoms with Gasteiger partial charge in [0.2, 0.25) is 0 Å². The molecule has 0 spiro atoms. The van der Waals surface area contributed by atoms with E-state index in [-0.39, 0.29) is 11.3 Å². The molecule has 0 radical (unpaired) electrons. The molecule has 16 heavy (non-hydrogen) atoms. The number of benzene rings is 1. The highest BCUT2D eigenvalue weighted by Gasteiger charge is 2.22. The summed E-state index contributed by atoms with van der Waals surface area (Å²) in [6, 6.07) is 2.59. The fourth-order valence-corrected chi connectivity index (χ4v) is 1.40. The largest absolute Gasteiger partial charge is 0.465 e. The number of hydrogen-bond acceptors (Lipinski definition) is 5. The Hall–Kier alpha value is -2.44. The van der Waals surface area contributed by atoms with Crippen molar-refractivity contribution < 1.29 is 14.5 Å². The van der Waals surface area contributed by atoms with Crippen LogP contribution in [0.4, 0.5) is 5.69 Å². The van der Waals surface area contributed by atoms with Gasteiger partial charge in [-0.15, -0.1) is 0 Å². The lowest BCUT2D eigenvalue weighted by molar-refractivity contribution is -0.385. The smallest absolute Gasteiger partial charge is 0.344 e. The van der Waals surface area contributed by atoms with Gasteiger partial charge in [-0.05, 0) is 6.07 Å². The maximum atomic E-state index is 11.3. The predicted octanol–water partition coefficient (Wildman–Crippen LogP) is 1.26. The number of hydrogen-bond donors (Lipinski definition) is 1. The van der Waals surface area contributed by atoms with Crippen LogP contribution in [0.15, 0.2) is 18.5 Å². The Morgan fingerprint density at radius 3 is 2.94 bits per heavy atom. The summed E-state index contributed by atoms with van der Waals surface area (Å²) in [5.41, 5.74) is 0.570. The van der Waals surface area contributed by atoms with Gasteiger partial charge in [0.05, 0.1) is 29.4 Å². The van der Waals surface area contributed by atoms with Crippen LogP contribution >= 0.6 is 0 Å². The zero-order valence-corrected chi connectivity index (χ0v) is 8.26. The van der Waals surface area contributed by atoms with Crippen LogP contribution in [-0.2, 0) is 4.74 Å². The van der Waals surface area contributed by atoms with Crippen LogP contribution in [0.3, 0.4) is 0 Å². The van der Waals surface area contributed by atoms with E-state index in [1.165, 1.54) is 25.6 Å². The number of H-pyrrole nitrogens is 1. The predicted molar refractivity (Wildman–Crippen MR) is 54.1 cm³/mol. The molecule has 2 aromatic rings. The molecule has 0 bridgehead atoms. The number of methoxy groups -OCH3 is 1. The van der Waals surface area contributed by atoms with Crippen molar-refractivity contribution in [3.63, 3.8) is 0 Å². The van der Waals surface area contributed by atoms with Gasteiger partial charge in [0.15, 0.2) is 0 Å². The van der Waals surface area contributed by atoms with Crippen molar-refractivity contribution in [3.05, 3.63) is 34.1 Å². The lowest BCUT2D eigenvalue weighted by Crippen LogP contribution is -2.05. The second kappa shape index (κ2) is 3.61. The molecule has 0 saturated heterocycles. The minimum absolute atomic E-state index is 0.105. The van der Waals surface area contributed by atoms with E-state index in [1.807, 2.05) is 0 Å². The maximum absolute atomic E-state index is 11.3. The highest BCUT2D eigenvalue weighted by atomic mass is 16.6. The first-order chi connectivity index (χ1) is 7.63. The Bertz CT molecular complexity index is 575. The Balaban J connectivity index is 2.72. The molecular weight excluding hydrogens is 214 g/mol. The lowest BCUT2D eigenvalue weighted by atomic mass is 10.1. The van der Waals surface area contributed by atoms with Gasteiger partial charge >= 0.3 is 5.97 Å². The van der Waals surface area contributed by atoms with E-state index in [9.17, 15) is 14.9 Å². The van der Waals surface area contributed by atoms with E-state index in [2.05, 4.69) is 14.7 Å². The second-order valence-corrected chi connectivity index (χ2v) is 3.04. The van der Waals surface area contributed by atoms with Crippen molar-refractivity contribution in [1.82, 2.24) is 9.97 Å². The third kappa shape index (κ3) is 1.48. The van der Waals surface area contributed by atoms with E-state index in [0.717, 1.165) is 0 Å². The number of aromatic nitrogens is 2. The topological polar surface area (TPSA) is 98.1 Å². The molecule has 0 aliphatic heterocycles. The second-order valence-electron chi connectivity index (χ2n) is 3.04. The molecule has 1 N–H and O–H groups in total. The summed E-state index contributed by atoms with van der Waals surface area (Å²) in [6.45, 7) is 0. The van der Waals surface area contributed by atoms with Crippen LogP contribution in [0.25, 0.3) is 11.0 Å². The van der Waals surface area contributed by atoms with Crippen molar-refractivity contribution in [2.45, 2.75) is 0 Å². The van der Waals surface area contributed by atoms with Gasteiger partial charge in [-0.1, -0.05) is 0 Å². The molecule has 2 rings (SSSR count). The fourth-order valence-electron chi connectivity index (χ4n) is 1.40. The molecule has 0 aliphatic rings. The van der Waals surface area contributed by atoms with Crippen LogP contribution in [0, 0.1) is 10.1 Å². The van der Waals surface area contributed by atoms with E-state index >= 15 is 0 Å². The van der Waals surface area contributed by atoms with Crippen LogP contribution in [0.2, 0.25) is 0 Å². The first-order valence-corrected chi connectivity index (χ1v) is 4.33. The van der Waals surface area contributed by atoms with Gasteiger partial charge in [-0.3, -0.25) is 10.1 Å². The highest BCUT2D eigenvalue weighted by Crippen LogP contribution is 2.24. The zero-order valence-electron chi connectivity index (χ0n) is 8.26. The third-order valence-corrected chi connectivity index (χ3v) is 2.14. The van der Waals surface area contributed by atoms with E-state index < -0.39 is 10.9 Å². The zero-order chi connectivity index (χ0) is 11.7. The van der Waals surface area contributed by atoms with Gasteiger partial charge < -0.3 is 9.72 Å². The van der Waals surface area contributed by atoms with Crippen molar-refractivity contribution >= 4 is 22.7 Å². The number of aromatic amines is 1. The normalized spacial score (nSPS) is 10.3. The molecule has 1 aromatic carbocycles. The van der Waals surface area contributed by atoms with Crippen molar-refractivity contribution in [3.8, 4) is 0 Å².